The van der Waals surface area contributed by atoms with E-state index < -0.39 is 0 Å². The quantitative estimate of drug-likeness (QED) is 0.263. The maximum absolute atomic E-state index is 11.5. The van der Waals surface area contributed by atoms with Gasteiger partial charge in [0.05, 0.1) is 6.61 Å². The summed E-state index contributed by atoms with van der Waals surface area (Å²) in [5.74, 6) is 0.832. The maximum Gasteiger partial charge on any atom is 0.305 e. The van der Waals surface area contributed by atoms with E-state index in [1.54, 1.807) is 0 Å². The molecule has 0 aromatic carbocycles. The van der Waals surface area contributed by atoms with E-state index >= 15 is 0 Å². The zero-order chi connectivity index (χ0) is 15.8. The van der Waals surface area contributed by atoms with Gasteiger partial charge >= 0.3 is 5.97 Å². The van der Waals surface area contributed by atoms with Crippen LogP contribution in [0.15, 0.2) is 0 Å². The molecule has 0 aliphatic rings. The summed E-state index contributed by atoms with van der Waals surface area (Å²) in [5.41, 5.74) is 0. The van der Waals surface area contributed by atoms with Crippen LogP contribution in [0.4, 0.5) is 0 Å². The van der Waals surface area contributed by atoms with Crippen LogP contribution in [0.2, 0.25) is 0 Å². The average molecular weight is 299 g/mol. The third kappa shape index (κ3) is 17.4. The minimum atomic E-state index is 0.00491. The fourth-order valence-corrected chi connectivity index (χ4v) is 2.49. The van der Waals surface area contributed by atoms with Gasteiger partial charge in [0.1, 0.15) is 0 Å². The topological polar surface area (TPSA) is 26.3 Å². The second-order valence-electron chi connectivity index (χ2n) is 6.69. The molecule has 0 fully saturated rings. The first-order valence-corrected chi connectivity index (χ1v) is 9.32. The molecular formula is C19H38O2. The third-order valence-electron chi connectivity index (χ3n) is 3.92. The Bertz CT molecular complexity index is 224. The Morgan fingerprint density at radius 2 is 1.38 bits per heavy atom. The summed E-state index contributed by atoms with van der Waals surface area (Å²) >= 11 is 0. The molecule has 0 N–H and O–H groups in total. The Morgan fingerprint density at radius 1 is 0.810 bits per heavy atom. The van der Waals surface area contributed by atoms with Crippen LogP contribution in [0.25, 0.3) is 0 Å². The number of esters is 1. The summed E-state index contributed by atoms with van der Waals surface area (Å²) in [6.07, 6.45) is 15.5. The largest absolute Gasteiger partial charge is 0.466 e. The monoisotopic (exact) mass is 298 g/mol. The molecule has 0 spiro atoms. The molecule has 0 bridgehead atoms. The van der Waals surface area contributed by atoms with E-state index in [1.807, 2.05) is 0 Å². The number of unbranched alkanes of at least 4 members (excludes halogenated alkanes) is 9. The molecule has 0 saturated heterocycles. The number of hydrogen-bond acceptors (Lipinski definition) is 2. The Hall–Kier alpha value is -0.530. The van der Waals surface area contributed by atoms with Crippen molar-refractivity contribution in [3.63, 3.8) is 0 Å². The molecule has 0 rings (SSSR count). The van der Waals surface area contributed by atoms with Crippen LogP contribution < -0.4 is 0 Å². The smallest absolute Gasteiger partial charge is 0.305 e. The molecule has 0 amide bonds. The van der Waals surface area contributed by atoms with Crippen LogP contribution in [0, 0.1) is 5.92 Å². The van der Waals surface area contributed by atoms with Crippen molar-refractivity contribution in [3.05, 3.63) is 0 Å². The molecule has 0 heterocycles. The second kappa shape index (κ2) is 15.9. The summed E-state index contributed by atoms with van der Waals surface area (Å²) < 4.78 is 5.28. The van der Waals surface area contributed by atoms with Crippen molar-refractivity contribution in [2.45, 2.75) is 104 Å². The van der Waals surface area contributed by atoms with Gasteiger partial charge < -0.3 is 4.74 Å². The molecule has 0 atom stereocenters. The maximum atomic E-state index is 11.5. The Balaban J connectivity index is 3.16. The van der Waals surface area contributed by atoms with E-state index in [2.05, 4.69) is 20.8 Å². The minimum absolute atomic E-state index is 0.00491. The van der Waals surface area contributed by atoms with E-state index in [0.29, 0.717) is 13.0 Å². The first kappa shape index (κ1) is 20.5. The molecule has 126 valence electrons. The fourth-order valence-electron chi connectivity index (χ4n) is 2.49. The van der Waals surface area contributed by atoms with Crippen LogP contribution in [0.1, 0.15) is 104 Å². The van der Waals surface area contributed by atoms with Gasteiger partial charge in [0.25, 0.3) is 0 Å². The molecule has 0 aromatic rings. The van der Waals surface area contributed by atoms with Crippen molar-refractivity contribution in [1.82, 2.24) is 0 Å². The van der Waals surface area contributed by atoms with Gasteiger partial charge in [-0.25, -0.2) is 0 Å². The van der Waals surface area contributed by atoms with Crippen molar-refractivity contribution in [3.8, 4) is 0 Å². The first-order valence-electron chi connectivity index (χ1n) is 9.32. The van der Waals surface area contributed by atoms with Crippen molar-refractivity contribution >= 4 is 5.97 Å². The number of hydrogen-bond donors (Lipinski definition) is 0. The van der Waals surface area contributed by atoms with E-state index in [9.17, 15) is 4.79 Å². The molecule has 0 aromatic heterocycles. The van der Waals surface area contributed by atoms with Gasteiger partial charge in [0.15, 0.2) is 0 Å². The van der Waals surface area contributed by atoms with Crippen LogP contribution in [-0.4, -0.2) is 12.6 Å². The Kier molecular flexibility index (Phi) is 15.5. The highest BCUT2D eigenvalue weighted by atomic mass is 16.5. The number of carbonyl (C=O) groups is 1. The van der Waals surface area contributed by atoms with Gasteiger partial charge in [0.2, 0.25) is 0 Å². The summed E-state index contributed by atoms with van der Waals surface area (Å²) in [6, 6.07) is 0. The zero-order valence-corrected chi connectivity index (χ0v) is 14.8. The predicted molar refractivity (Wildman–Crippen MR) is 91.5 cm³/mol. The van der Waals surface area contributed by atoms with Crippen LogP contribution >= 0.6 is 0 Å². The molecule has 0 radical (unpaired) electrons. The highest BCUT2D eigenvalue weighted by Gasteiger charge is 2.02. The lowest BCUT2D eigenvalue weighted by molar-refractivity contribution is -0.143. The normalized spacial score (nSPS) is 11.0. The Morgan fingerprint density at radius 3 is 2.05 bits per heavy atom. The number of carbonyl (C=O) groups excluding carboxylic acids is 1. The van der Waals surface area contributed by atoms with Crippen LogP contribution in [0.3, 0.4) is 0 Å². The van der Waals surface area contributed by atoms with Gasteiger partial charge in [-0.15, -0.1) is 0 Å². The van der Waals surface area contributed by atoms with Crippen molar-refractivity contribution < 1.29 is 9.53 Å². The lowest BCUT2D eigenvalue weighted by Gasteiger charge is -2.06. The average Bonchev–Trinajstić information content (AvgIpc) is 2.45. The van der Waals surface area contributed by atoms with Crippen LogP contribution in [0.5, 0.6) is 0 Å². The van der Waals surface area contributed by atoms with E-state index in [1.165, 1.54) is 64.2 Å². The highest BCUT2D eigenvalue weighted by molar-refractivity contribution is 5.69. The predicted octanol–water partition coefficient (Wildman–Crippen LogP) is 6.28. The fraction of sp³-hybridized carbons (Fsp3) is 0.947. The van der Waals surface area contributed by atoms with Gasteiger partial charge in [-0.3, -0.25) is 4.79 Å². The van der Waals surface area contributed by atoms with E-state index in [0.717, 1.165) is 18.8 Å². The lowest BCUT2D eigenvalue weighted by Crippen LogP contribution is -2.05. The summed E-state index contributed by atoms with van der Waals surface area (Å²) in [6.45, 7) is 7.41. The molecule has 2 heteroatoms. The molecule has 21 heavy (non-hydrogen) atoms. The van der Waals surface area contributed by atoms with Gasteiger partial charge in [-0.05, 0) is 18.8 Å². The van der Waals surface area contributed by atoms with Gasteiger partial charge in [-0.1, -0.05) is 85.0 Å². The molecular weight excluding hydrogens is 260 g/mol. The highest BCUT2D eigenvalue weighted by Crippen LogP contribution is 2.11. The molecule has 2 nitrogen and oxygen atoms in total. The molecule has 0 aliphatic heterocycles. The molecule has 0 saturated carbocycles. The summed E-state index contributed by atoms with van der Waals surface area (Å²) in [7, 11) is 0. The van der Waals surface area contributed by atoms with Crippen molar-refractivity contribution in [2.75, 3.05) is 6.61 Å². The van der Waals surface area contributed by atoms with Crippen molar-refractivity contribution in [2.24, 2.45) is 5.92 Å². The second-order valence-corrected chi connectivity index (χ2v) is 6.69. The summed E-state index contributed by atoms with van der Waals surface area (Å²) in [4.78, 5) is 11.5. The lowest BCUT2D eigenvalue weighted by atomic mass is 10.0. The summed E-state index contributed by atoms with van der Waals surface area (Å²) in [5, 5.41) is 0. The first-order chi connectivity index (χ1) is 10.2. The molecule has 0 aliphatic carbocycles. The van der Waals surface area contributed by atoms with E-state index in [4.69, 9.17) is 4.74 Å². The van der Waals surface area contributed by atoms with Gasteiger partial charge in [0, 0.05) is 6.42 Å². The van der Waals surface area contributed by atoms with Crippen LogP contribution in [-0.2, 0) is 9.53 Å². The minimum Gasteiger partial charge on any atom is -0.466 e. The standard InChI is InChI=1S/C19H38O2/c1-4-5-6-7-10-13-16-19(20)21-17-14-11-8-9-12-15-18(2)3/h18H,4-17H2,1-3H3. The van der Waals surface area contributed by atoms with Crippen molar-refractivity contribution in [1.29, 1.82) is 0 Å². The third-order valence-corrected chi connectivity index (χ3v) is 3.92. The number of rotatable bonds is 15. The Labute approximate surface area is 133 Å². The number of ether oxygens (including phenoxy) is 1. The SMILES string of the molecule is CCCCCCCCC(=O)OCCCCCCCC(C)C. The van der Waals surface area contributed by atoms with E-state index in [-0.39, 0.29) is 5.97 Å². The molecule has 0 unspecified atom stereocenters. The zero-order valence-electron chi connectivity index (χ0n) is 14.8. The van der Waals surface area contributed by atoms with Gasteiger partial charge in [-0.2, -0.15) is 0 Å².